The highest BCUT2D eigenvalue weighted by Gasteiger charge is 2.02. The molecule has 60 valence electrons. The number of amides is 2. The molecule has 0 saturated carbocycles. The predicted molar refractivity (Wildman–Crippen MR) is 45.4 cm³/mol. The van der Waals surface area contributed by atoms with Crippen LogP contribution in [0.1, 0.15) is 6.92 Å². The van der Waals surface area contributed by atoms with Crippen LogP contribution in [0.4, 0.5) is 4.79 Å². The minimum Gasteiger partial charge on any atom is -0.341 e. The Balaban J connectivity index is 3.37. The number of carbonyl (C=O) groups excluding carboxylic acids is 1. The van der Waals surface area contributed by atoms with E-state index in [0.29, 0.717) is 0 Å². The number of nitrogens with one attached hydrogen (secondary N) is 2. The van der Waals surface area contributed by atoms with Crippen molar-refractivity contribution in [2.24, 2.45) is 0 Å². The number of carbonyl (C=O) groups is 1. The maximum absolute atomic E-state index is 10.7. The maximum atomic E-state index is 10.7. The summed E-state index contributed by atoms with van der Waals surface area (Å²) in [5, 5.41) is 5.25. The summed E-state index contributed by atoms with van der Waals surface area (Å²) in [5.74, 6) is 0.952. The molecule has 0 radical (unpaired) electrons. The summed E-state index contributed by atoms with van der Waals surface area (Å²) >= 11 is 1.72. The largest absolute Gasteiger partial charge is 0.341 e. The third kappa shape index (κ3) is 4.49. The maximum Gasteiger partial charge on any atom is 0.314 e. The zero-order chi connectivity index (χ0) is 7.98. The number of hydrogen-bond donors (Lipinski definition) is 2. The molecule has 2 amide bonds. The first-order valence-electron chi connectivity index (χ1n) is 3.18. The minimum atomic E-state index is -0.110. The number of thioether (sulfide) groups is 1. The van der Waals surface area contributed by atoms with Crippen molar-refractivity contribution < 1.29 is 4.79 Å². The summed E-state index contributed by atoms with van der Waals surface area (Å²) in [7, 11) is 1.61. The van der Waals surface area contributed by atoms with Gasteiger partial charge in [0, 0.05) is 18.8 Å². The van der Waals surface area contributed by atoms with E-state index >= 15 is 0 Å². The quantitative estimate of drug-likeness (QED) is 0.640. The molecular formula is C6H14N2OS. The highest BCUT2D eigenvalue weighted by atomic mass is 32.2. The molecule has 2 N–H and O–H groups in total. The molecule has 0 rings (SSSR count). The van der Waals surface area contributed by atoms with Crippen LogP contribution in [0.15, 0.2) is 0 Å². The topological polar surface area (TPSA) is 41.1 Å². The highest BCUT2D eigenvalue weighted by Crippen LogP contribution is 1.94. The Labute approximate surface area is 65.9 Å². The van der Waals surface area contributed by atoms with Gasteiger partial charge in [-0.15, -0.1) is 0 Å². The van der Waals surface area contributed by atoms with Gasteiger partial charge in [-0.2, -0.15) is 11.8 Å². The van der Waals surface area contributed by atoms with Crippen molar-refractivity contribution in [1.82, 2.24) is 10.6 Å². The summed E-state index contributed by atoms with van der Waals surface area (Å²) in [6.07, 6.45) is 2.02. The number of rotatable bonds is 3. The van der Waals surface area contributed by atoms with Crippen LogP contribution in [0.2, 0.25) is 0 Å². The average molecular weight is 162 g/mol. The van der Waals surface area contributed by atoms with Crippen molar-refractivity contribution in [1.29, 1.82) is 0 Å². The molecule has 0 spiro atoms. The molecule has 0 aliphatic heterocycles. The van der Waals surface area contributed by atoms with E-state index in [1.807, 2.05) is 13.2 Å². The van der Waals surface area contributed by atoms with E-state index in [1.54, 1.807) is 18.8 Å². The van der Waals surface area contributed by atoms with Crippen LogP contribution in [0.3, 0.4) is 0 Å². The molecule has 0 aliphatic carbocycles. The van der Waals surface area contributed by atoms with Crippen molar-refractivity contribution in [2.45, 2.75) is 13.0 Å². The van der Waals surface area contributed by atoms with Gasteiger partial charge in [0.1, 0.15) is 0 Å². The zero-order valence-electron chi connectivity index (χ0n) is 6.60. The first kappa shape index (κ1) is 9.62. The summed E-state index contributed by atoms with van der Waals surface area (Å²) in [6.45, 7) is 1.98. The predicted octanol–water partition coefficient (Wildman–Crippen LogP) is 0.667. The average Bonchev–Trinajstić information content (AvgIpc) is 1.88. The Hall–Kier alpha value is -0.380. The lowest BCUT2D eigenvalue weighted by Gasteiger charge is -2.10. The smallest absolute Gasteiger partial charge is 0.314 e. The van der Waals surface area contributed by atoms with Crippen molar-refractivity contribution in [2.75, 3.05) is 19.1 Å². The van der Waals surface area contributed by atoms with Gasteiger partial charge in [0.05, 0.1) is 0 Å². The van der Waals surface area contributed by atoms with Gasteiger partial charge in [0.25, 0.3) is 0 Å². The van der Waals surface area contributed by atoms with Crippen LogP contribution in [-0.2, 0) is 0 Å². The fraction of sp³-hybridized carbons (Fsp3) is 0.833. The monoisotopic (exact) mass is 162 g/mol. The molecule has 10 heavy (non-hydrogen) atoms. The Bertz CT molecular complexity index is 108. The molecule has 0 bridgehead atoms. The summed E-state index contributed by atoms with van der Waals surface area (Å²) in [4.78, 5) is 10.7. The fourth-order valence-electron chi connectivity index (χ4n) is 0.588. The molecular weight excluding hydrogens is 148 g/mol. The van der Waals surface area contributed by atoms with Crippen LogP contribution in [0, 0.1) is 0 Å². The lowest BCUT2D eigenvalue weighted by atomic mass is 10.4. The van der Waals surface area contributed by atoms with Crippen molar-refractivity contribution in [3.05, 3.63) is 0 Å². The van der Waals surface area contributed by atoms with Crippen molar-refractivity contribution >= 4 is 17.8 Å². The molecule has 0 aromatic carbocycles. The van der Waals surface area contributed by atoms with Crippen LogP contribution in [-0.4, -0.2) is 31.1 Å². The van der Waals surface area contributed by atoms with Gasteiger partial charge < -0.3 is 10.6 Å². The summed E-state index contributed by atoms with van der Waals surface area (Å²) in [5.41, 5.74) is 0. The standard InChI is InChI=1S/C6H14N2OS/c1-5(4-10-3)8-6(9)7-2/h5H,4H2,1-3H3,(H2,7,8,9). The first-order chi connectivity index (χ1) is 4.70. The second-order valence-electron chi connectivity index (χ2n) is 2.08. The van der Waals surface area contributed by atoms with Crippen molar-refractivity contribution in [3.63, 3.8) is 0 Å². The van der Waals surface area contributed by atoms with Gasteiger partial charge in [0.15, 0.2) is 0 Å². The van der Waals surface area contributed by atoms with Gasteiger partial charge in [-0.3, -0.25) is 0 Å². The molecule has 0 saturated heterocycles. The molecule has 3 nitrogen and oxygen atoms in total. The van der Waals surface area contributed by atoms with Crippen LogP contribution >= 0.6 is 11.8 Å². The van der Waals surface area contributed by atoms with Crippen LogP contribution < -0.4 is 10.6 Å². The lowest BCUT2D eigenvalue weighted by Crippen LogP contribution is -2.40. The van der Waals surface area contributed by atoms with E-state index < -0.39 is 0 Å². The molecule has 0 aromatic rings. The Kier molecular flexibility index (Phi) is 5.20. The van der Waals surface area contributed by atoms with Gasteiger partial charge in [-0.25, -0.2) is 4.79 Å². The first-order valence-corrected chi connectivity index (χ1v) is 4.57. The second-order valence-corrected chi connectivity index (χ2v) is 2.99. The van der Waals surface area contributed by atoms with Gasteiger partial charge in [-0.05, 0) is 13.2 Å². The number of urea groups is 1. The second kappa shape index (κ2) is 5.41. The van der Waals surface area contributed by atoms with E-state index in [4.69, 9.17) is 0 Å². The van der Waals surface area contributed by atoms with Crippen LogP contribution in [0.25, 0.3) is 0 Å². The lowest BCUT2D eigenvalue weighted by molar-refractivity contribution is 0.241. The van der Waals surface area contributed by atoms with Crippen molar-refractivity contribution in [3.8, 4) is 0 Å². The van der Waals surface area contributed by atoms with E-state index in [9.17, 15) is 4.79 Å². The van der Waals surface area contributed by atoms with Gasteiger partial charge in [0.2, 0.25) is 0 Å². The van der Waals surface area contributed by atoms with Gasteiger partial charge in [-0.1, -0.05) is 0 Å². The molecule has 0 heterocycles. The molecule has 0 aliphatic rings. The molecule has 4 heteroatoms. The Morgan fingerprint density at radius 3 is 2.70 bits per heavy atom. The summed E-state index contributed by atoms with van der Waals surface area (Å²) < 4.78 is 0. The van der Waals surface area contributed by atoms with E-state index in [-0.39, 0.29) is 12.1 Å². The zero-order valence-corrected chi connectivity index (χ0v) is 7.42. The molecule has 0 fully saturated rings. The third-order valence-electron chi connectivity index (χ3n) is 1.02. The van der Waals surface area contributed by atoms with E-state index in [1.165, 1.54) is 0 Å². The number of hydrogen-bond acceptors (Lipinski definition) is 2. The van der Waals surface area contributed by atoms with Gasteiger partial charge >= 0.3 is 6.03 Å². The van der Waals surface area contributed by atoms with E-state index in [2.05, 4.69) is 10.6 Å². The third-order valence-corrected chi connectivity index (χ3v) is 1.85. The molecule has 0 aromatic heterocycles. The summed E-state index contributed by atoms with van der Waals surface area (Å²) in [6, 6.07) is 0.136. The Morgan fingerprint density at radius 2 is 2.30 bits per heavy atom. The fourth-order valence-corrected chi connectivity index (χ4v) is 1.17. The van der Waals surface area contributed by atoms with Crippen LogP contribution in [0.5, 0.6) is 0 Å². The van der Waals surface area contributed by atoms with E-state index in [0.717, 1.165) is 5.75 Å². The molecule has 1 atom stereocenters. The molecule has 1 unspecified atom stereocenters. The SMILES string of the molecule is CNC(=O)NC(C)CSC. The highest BCUT2D eigenvalue weighted by molar-refractivity contribution is 7.98. The normalized spacial score (nSPS) is 12.3. The Morgan fingerprint density at radius 1 is 1.70 bits per heavy atom. The minimum absolute atomic E-state index is 0.110.